The largest absolute Gasteiger partial charge is 0.417 e. The average molecular weight is 311 g/mol. The first kappa shape index (κ1) is 15.0. The van der Waals surface area contributed by atoms with Gasteiger partial charge in [0, 0.05) is 0 Å². The number of rotatable bonds is 3. The third-order valence-electron chi connectivity index (χ3n) is 3.59. The molecule has 1 heterocycles. The standard InChI is InChI=1S/C18H14FNO3/c1-11(12-5-3-2-4-6-12)20-17(21)16-10-13-9-14(19)7-8-15(13)18(22)23-16/h2-11H,1H3,(H,20,21)/t11-/m0/s1. The summed E-state index contributed by atoms with van der Waals surface area (Å²) in [5.74, 6) is -1.15. The van der Waals surface area contributed by atoms with Crippen molar-refractivity contribution >= 4 is 16.7 Å². The molecule has 0 radical (unpaired) electrons. The second-order valence-electron chi connectivity index (χ2n) is 5.24. The van der Waals surface area contributed by atoms with E-state index in [1.807, 2.05) is 37.3 Å². The fraction of sp³-hybridized carbons (Fsp3) is 0.111. The normalized spacial score (nSPS) is 12.1. The van der Waals surface area contributed by atoms with Gasteiger partial charge in [-0.2, -0.15) is 0 Å². The SMILES string of the molecule is C[C@H](NC(=O)c1cc2cc(F)ccc2c(=O)o1)c1ccccc1. The fourth-order valence-electron chi connectivity index (χ4n) is 2.37. The van der Waals surface area contributed by atoms with Gasteiger partial charge in [0.25, 0.3) is 5.91 Å². The Hall–Kier alpha value is -2.95. The third kappa shape index (κ3) is 3.13. The summed E-state index contributed by atoms with van der Waals surface area (Å²) in [5.41, 5.74) is 0.259. The van der Waals surface area contributed by atoms with Gasteiger partial charge in [0.05, 0.1) is 11.4 Å². The van der Waals surface area contributed by atoms with Crippen LogP contribution in [-0.2, 0) is 0 Å². The molecule has 1 amide bonds. The predicted molar refractivity (Wildman–Crippen MR) is 84.8 cm³/mol. The first-order valence-electron chi connectivity index (χ1n) is 7.14. The van der Waals surface area contributed by atoms with Crippen molar-refractivity contribution in [2.24, 2.45) is 0 Å². The Morgan fingerprint density at radius 1 is 1.13 bits per heavy atom. The van der Waals surface area contributed by atoms with Gasteiger partial charge in [0.1, 0.15) is 5.82 Å². The van der Waals surface area contributed by atoms with E-state index in [-0.39, 0.29) is 17.2 Å². The average Bonchev–Trinajstić information content (AvgIpc) is 2.55. The van der Waals surface area contributed by atoms with Crippen LogP contribution in [0.4, 0.5) is 4.39 Å². The topological polar surface area (TPSA) is 59.3 Å². The van der Waals surface area contributed by atoms with Crippen molar-refractivity contribution in [1.82, 2.24) is 5.32 Å². The molecule has 0 spiro atoms. The molecule has 0 aliphatic heterocycles. The van der Waals surface area contributed by atoms with Crippen LogP contribution in [0.25, 0.3) is 10.8 Å². The van der Waals surface area contributed by atoms with Crippen molar-refractivity contribution in [3.63, 3.8) is 0 Å². The van der Waals surface area contributed by atoms with Gasteiger partial charge in [-0.25, -0.2) is 9.18 Å². The Bertz CT molecular complexity index is 918. The van der Waals surface area contributed by atoms with Gasteiger partial charge in [-0.05, 0) is 42.1 Å². The minimum absolute atomic E-state index is 0.143. The second kappa shape index (κ2) is 6.04. The molecule has 0 fully saturated rings. The maximum atomic E-state index is 13.3. The smallest absolute Gasteiger partial charge is 0.344 e. The van der Waals surface area contributed by atoms with E-state index in [1.165, 1.54) is 24.3 Å². The van der Waals surface area contributed by atoms with Crippen molar-refractivity contribution in [2.45, 2.75) is 13.0 Å². The first-order chi connectivity index (χ1) is 11.0. The number of hydrogen-bond donors (Lipinski definition) is 1. The molecule has 0 unspecified atom stereocenters. The lowest BCUT2D eigenvalue weighted by molar-refractivity contribution is 0.0908. The summed E-state index contributed by atoms with van der Waals surface area (Å²) in [6.45, 7) is 1.83. The molecule has 0 saturated carbocycles. The molecule has 1 N–H and O–H groups in total. The lowest BCUT2D eigenvalue weighted by atomic mass is 10.1. The molecule has 3 aromatic rings. The highest BCUT2D eigenvalue weighted by Crippen LogP contribution is 2.16. The highest BCUT2D eigenvalue weighted by molar-refractivity contribution is 5.95. The first-order valence-corrected chi connectivity index (χ1v) is 7.14. The summed E-state index contributed by atoms with van der Waals surface area (Å²) < 4.78 is 18.3. The molecule has 0 bridgehead atoms. The van der Waals surface area contributed by atoms with Crippen LogP contribution in [0.5, 0.6) is 0 Å². The monoisotopic (exact) mass is 311 g/mol. The Morgan fingerprint density at radius 2 is 1.87 bits per heavy atom. The highest BCUT2D eigenvalue weighted by Gasteiger charge is 2.15. The molecule has 116 valence electrons. The zero-order valence-electron chi connectivity index (χ0n) is 12.4. The maximum absolute atomic E-state index is 13.3. The summed E-state index contributed by atoms with van der Waals surface area (Å²) >= 11 is 0. The van der Waals surface area contributed by atoms with Crippen LogP contribution < -0.4 is 10.9 Å². The summed E-state index contributed by atoms with van der Waals surface area (Å²) in [6.07, 6.45) is 0. The lowest BCUT2D eigenvalue weighted by Gasteiger charge is -2.13. The molecule has 23 heavy (non-hydrogen) atoms. The van der Waals surface area contributed by atoms with Crippen LogP contribution in [0.2, 0.25) is 0 Å². The third-order valence-corrected chi connectivity index (χ3v) is 3.59. The molecule has 0 aliphatic carbocycles. The lowest BCUT2D eigenvalue weighted by Crippen LogP contribution is -2.27. The van der Waals surface area contributed by atoms with Gasteiger partial charge in [0.15, 0.2) is 5.76 Å². The van der Waals surface area contributed by atoms with E-state index in [0.717, 1.165) is 5.56 Å². The molecule has 2 aromatic carbocycles. The minimum atomic E-state index is -0.667. The Morgan fingerprint density at radius 3 is 2.61 bits per heavy atom. The Balaban J connectivity index is 1.90. The zero-order chi connectivity index (χ0) is 16.4. The number of hydrogen-bond acceptors (Lipinski definition) is 3. The van der Waals surface area contributed by atoms with E-state index in [4.69, 9.17) is 4.42 Å². The number of nitrogens with one attached hydrogen (secondary N) is 1. The number of benzene rings is 2. The number of fused-ring (bicyclic) bond motifs is 1. The molecule has 3 rings (SSSR count). The summed E-state index contributed by atoms with van der Waals surface area (Å²) in [5, 5.41) is 3.32. The van der Waals surface area contributed by atoms with Crippen LogP contribution >= 0.6 is 0 Å². The number of amides is 1. The Kier molecular flexibility index (Phi) is 3.93. The quantitative estimate of drug-likeness (QED) is 0.806. The summed E-state index contributed by atoms with van der Waals surface area (Å²) in [4.78, 5) is 24.2. The van der Waals surface area contributed by atoms with Crippen molar-refractivity contribution in [3.8, 4) is 0 Å². The number of carbonyl (C=O) groups excluding carboxylic acids is 1. The van der Waals surface area contributed by atoms with Crippen LogP contribution in [0.15, 0.2) is 63.8 Å². The maximum Gasteiger partial charge on any atom is 0.344 e. The van der Waals surface area contributed by atoms with Crippen LogP contribution in [0.3, 0.4) is 0 Å². The van der Waals surface area contributed by atoms with Gasteiger partial charge in [-0.1, -0.05) is 30.3 Å². The minimum Gasteiger partial charge on any atom is -0.417 e. The Labute approximate surface area is 131 Å². The molecule has 1 aromatic heterocycles. The molecular weight excluding hydrogens is 297 g/mol. The molecule has 1 atom stereocenters. The van der Waals surface area contributed by atoms with Crippen molar-refractivity contribution in [3.05, 3.63) is 82.2 Å². The number of carbonyl (C=O) groups is 1. The van der Waals surface area contributed by atoms with E-state index >= 15 is 0 Å². The highest BCUT2D eigenvalue weighted by atomic mass is 19.1. The van der Waals surface area contributed by atoms with Crippen molar-refractivity contribution < 1.29 is 13.6 Å². The van der Waals surface area contributed by atoms with Crippen LogP contribution in [0, 0.1) is 5.82 Å². The summed E-state index contributed by atoms with van der Waals surface area (Å²) in [7, 11) is 0. The fourth-order valence-corrected chi connectivity index (χ4v) is 2.37. The van der Waals surface area contributed by atoms with Gasteiger partial charge >= 0.3 is 5.63 Å². The van der Waals surface area contributed by atoms with E-state index in [0.29, 0.717) is 5.39 Å². The van der Waals surface area contributed by atoms with Crippen LogP contribution in [-0.4, -0.2) is 5.91 Å². The van der Waals surface area contributed by atoms with Gasteiger partial charge in [0.2, 0.25) is 0 Å². The molecule has 0 saturated heterocycles. The van der Waals surface area contributed by atoms with E-state index in [1.54, 1.807) is 0 Å². The molecule has 4 nitrogen and oxygen atoms in total. The van der Waals surface area contributed by atoms with Crippen molar-refractivity contribution in [1.29, 1.82) is 0 Å². The summed E-state index contributed by atoms with van der Waals surface area (Å²) in [6, 6.07) is 14.2. The molecular formula is C18H14FNO3. The second-order valence-corrected chi connectivity index (χ2v) is 5.24. The van der Waals surface area contributed by atoms with E-state index < -0.39 is 17.3 Å². The van der Waals surface area contributed by atoms with E-state index in [9.17, 15) is 14.0 Å². The van der Waals surface area contributed by atoms with Gasteiger partial charge < -0.3 is 9.73 Å². The molecule has 5 heteroatoms. The van der Waals surface area contributed by atoms with Gasteiger partial charge in [-0.3, -0.25) is 4.79 Å². The zero-order valence-corrected chi connectivity index (χ0v) is 12.4. The predicted octanol–water partition coefficient (Wildman–Crippen LogP) is 3.42. The number of halogens is 1. The van der Waals surface area contributed by atoms with Crippen molar-refractivity contribution in [2.75, 3.05) is 0 Å². The molecule has 0 aliphatic rings. The van der Waals surface area contributed by atoms with E-state index in [2.05, 4.69) is 5.32 Å². The van der Waals surface area contributed by atoms with Crippen LogP contribution in [0.1, 0.15) is 29.1 Å². The van der Waals surface area contributed by atoms with Gasteiger partial charge in [-0.15, -0.1) is 0 Å².